The zero-order valence-electron chi connectivity index (χ0n) is 21.5. The molecule has 0 aliphatic carbocycles. The number of hydrogen-bond donors (Lipinski definition) is 3. The molecule has 1 aromatic carbocycles. The summed E-state index contributed by atoms with van der Waals surface area (Å²) in [6, 6.07) is 5.58. The molecule has 0 aromatic heterocycles. The number of carbonyl (C=O) groups excluding carboxylic acids is 2. The number of nitrogens with two attached hydrogens (primary N) is 1. The van der Waals surface area contributed by atoms with Gasteiger partial charge in [-0.3, -0.25) is 14.4 Å². The van der Waals surface area contributed by atoms with Crippen LogP contribution in [0.4, 0.5) is 0 Å². The largest absolute Gasteiger partial charge is 0.481 e. The third-order valence-corrected chi connectivity index (χ3v) is 5.69. The van der Waals surface area contributed by atoms with Crippen LogP contribution in [0.2, 0.25) is 0 Å². The molecule has 0 heterocycles. The highest BCUT2D eigenvalue weighted by Gasteiger charge is 2.39. The molecular weight excluding hydrogens is 474 g/mol. The highest BCUT2D eigenvalue weighted by Crippen LogP contribution is 2.20. The maximum Gasteiger partial charge on any atom is 0.306 e. The number of esters is 1. The van der Waals surface area contributed by atoms with Crippen LogP contribution in [-0.4, -0.2) is 43.8 Å². The number of carbonyl (C=O) groups is 2. The van der Waals surface area contributed by atoms with Gasteiger partial charge in [0.1, 0.15) is 18.0 Å². The van der Waals surface area contributed by atoms with Crippen molar-refractivity contribution in [2.75, 3.05) is 6.61 Å². The van der Waals surface area contributed by atoms with Gasteiger partial charge in [0.25, 0.3) is 5.91 Å². The van der Waals surface area contributed by atoms with Crippen molar-refractivity contribution >= 4 is 21.9 Å². The Balaban J connectivity index is 3.04. The fourth-order valence-electron chi connectivity index (χ4n) is 2.61. The normalized spacial score (nSPS) is 13.7. The number of hydroxylamine groups is 1. The molecule has 0 spiro atoms. The number of benzene rings is 1. The minimum Gasteiger partial charge on any atom is -0.481 e. The first-order valence-electron chi connectivity index (χ1n) is 11.1. The van der Waals surface area contributed by atoms with Crippen molar-refractivity contribution < 1.29 is 32.3 Å². The first-order valence-corrected chi connectivity index (χ1v) is 12.6. The predicted octanol–water partition coefficient (Wildman–Crippen LogP) is 2.38. The highest BCUT2D eigenvalue weighted by atomic mass is 32.2. The quantitative estimate of drug-likeness (QED) is 0.178. The van der Waals surface area contributed by atoms with Crippen LogP contribution >= 0.6 is 0 Å². The predicted molar refractivity (Wildman–Crippen MR) is 131 cm³/mol. The Bertz CT molecular complexity index is 1030. The average Bonchev–Trinajstić information content (AvgIpc) is 2.70. The molecule has 1 amide bonds. The molecule has 0 bridgehead atoms. The van der Waals surface area contributed by atoms with Gasteiger partial charge in [-0.25, -0.2) is 13.9 Å². The molecule has 35 heavy (non-hydrogen) atoms. The monoisotopic (exact) mass is 511 g/mol. The van der Waals surface area contributed by atoms with Gasteiger partial charge in [0.2, 0.25) is 10.0 Å². The zero-order valence-corrected chi connectivity index (χ0v) is 22.3. The Labute approximate surface area is 208 Å². The summed E-state index contributed by atoms with van der Waals surface area (Å²) in [6.45, 7) is 12.2. The second kappa shape index (κ2) is 12.4. The van der Waals surface area contributed by atoms with Crippen LogP contribution in [0.5, 0.6) is 5.75 Å². The smallest absolute Gasteiger partial charge is 0.306 e. The van der Waals surface area contributed by atoms with E-state index in [1.807, 2.05) is 0 Å². The summed E-state index contributed by atoms with van der Waals surface area (Å²) in [5.41, 5.74) is 4.94. The molecule has 1 atom stereocenters. The first kappa shape index (κ1) is 30.4. The minimum absolute atomic E-state index is 0.0575. The zero-order chi connectivity index (χ0) is 26.9. The standard InChI is InChI=1S/C24H37N3O7S/c1-8-9-17-32-18-12-14-19(15-13-18)35(30,31)27-24(25,21(29)26-34-23(5,6)7)16-10-11-20(28)33-22(2,3)4/h12-15,27H,10-11,16-17,25H2,1-7H3,(H,26,29)/t24-/m1/s1. The van der Waals surface area contributed by atoms with E-state index >= 15 is 0 Å². The van der Waals surface area contributed by atoms with Crippen LogP contribution in [0, 0.1) is 11.8 Å². The number of amides is 1. The third kappa shape index (κ3) is 11.6. The fourth-order valence-corrected chi connectivity index (χ4v) is 3.90. The molecule has 0 saturated carbocycles. The highest BCUT2D eigenvalue weighted by molar-refractivity contribution is 7.89. The van der Waals surface area contributed by atoms with Crippen molar-refractivity contribution in [1.29, 1.82) is 0 Å². The summed E-state index contributed by atoms with van der Waals surface area (Å²) < 4.78 is 39.0. The lowest BCUT2D eigenvalue weighted by Crippen LogP contribution is -2.65. The SMILES string of the molecule is CC#CCOc1ccc(S(=O)(=O)N[C@](N)(CCCC(=O)OC(C)(C)C)C(=O)NOC(C)(C)C)cc1. The lowest BCUT2D eigenvalue weighted by Gasteiger charge is -2.30. The van der Waals surface area contributed by atoms with Crippen molar-refractivity contribution in [2.45, 2.75) is 89.5 Å². The molecule has 0 radical (unpaired) electrons. The van der Waals surface area contributed by atoms with Crippen molar-refractivity contribution in [2.24, 2.45) is 5.73 Å². The van der Waals surface area contributed by atoms with Gasteiger partial charge in [-0.1, -0.05) is 5.92 Å². The Morgan fingerprint density at radius 3 is 2.14 bits per heavy atom. The summed E-state index contributed by atoms with van der Waals surface area (Å²) in [7, 11) is -4.23. The molecule has 196 valence electrons. The molecule has 0 saturated heterocycles. The minimum atomic E-state index is -4.23. The van der Waals surface area contributed by atoms with Gasteiger partial charge >= 0.3 is 5.97 Å². The number of rotatable bonds is 11. The summed E-state index contributed by atoms with van der Waals surface area (Å²) in [4.78, 5) is 30.1. The van der Waals surface area contributed by atoms with Crippen LogP contribution < -0.4 is 20.7 Å². The lowest BCUT2D eigenvalue weighted by molar-refractivity contribution is -0.156. The Morgan fingerprint density at radius 1 is 1.03 bits per heavy atom. The maximum absolute atomic E-state index is 13.0. The van der Waals surface area contributed by atoms with Gasteiger partial charge in [0.05, 0.1) is 10.5 Å². The molecule has 0 unspecified atom stereocenters. The van der Waals surface area contributed by atoms with Gasteiger partial charge in [-0.15, -0.1) is 5.92 Å². The van der Waals surface area contributed by atoms with Crippen LogP contribution in [0.25, 0.3) is 0 Å². The second-order valence-electron chi connectivity index (χ2n) is 9.85. The van der Waals surface area contributed by atoms with Crippen LogP contribution in [0.3, 0.4) is 0 Å². The molecule has 0 aliphatic rings. The number of sulfonamides is 1. The summed E-state index contributed by atoms with van der Waals surface area (Å²) >= 11 is 0. The van der Waals surface area contributed by atoms with Gasteiger partial charge in [-0.05, 0) is 85.6 Å². The summed E-state index contributed by atoms with van der Waals surface area (Å²) in [5.74, 6) is 4.47. The molecule has 10 nitrogen and oxygen atoms in total. The lowest BCUT2D eigenvalue weighted by atomic mass is 10.0. The number of ether oxygens (including phenoxy) is 2. The van der Waals surface area contributed by atoms with E-state index in [1.54, 1.807) is 48.5 Å². The van der Waals surface area contributed by atoms with Crippen LogP contribution in [0.15, 0.2) is 29.2 Å². The van der Waals surface area contributed by atoms with E-state index in [-0.39, 0.29) is 30.8 Å². The van der Waals surface area contributed by atoms with Crippen molar-refractivity contribution in [3.8, 4) is 17.6 Å². The van der Waals surface area contributed by atoms with E-state index < -0.39 is 38.8 Å². The summed E-state index contributed by atoms with van der Waals surface area (Å²) in [6.07, 6.45) is -0.165. The fraction of sp³-hybridized carbons (Fsp3) is 0.583. The van der Waals surface area contributed by atoms with Crippen LogP contribution in [-0.2, 0) is 29.2 Å². The Hall–Kier alpha value is -2.65. The van der Waals surface area contributed by atoms with E-state index in [0.29, 0.717) is 5.75 Å². The van der Waals surface area contributed by atoms with Gasteiger partial charge in [0.15, 0.2) is 5.66 Å². The van der Waals surface area contributed by atoms with Crippen molar-refractivity contribution in [3.63, 3.8) is 0 Å². The van der Waals surface area contributed by atoms with E-state index in [9.17, 15) is 18.0 Å². The average molecular weight is 512 g/mol. The van der Waals surface area contributed by atoms with Gasteiger partial charge < -0.3 is 15.2 Å². The topological polar surface area (TPSA) is 146 Å². The van der Waals surface area contributed by atoms with E-state index in [4.69, 9.17) is 20.0 Å². The van der Waals surface area contributed by atoms with Crippen LogP contribution in [0.1, 0.15) is 67.7 Å². The number of hydrogen-bond acceptors (Lipinski definition) is 8. The number of nitrogens with one attached hydrogen (secondary N) is 2. The van der Waals surface area contributed by atoms with E-state index in [0.717, 1.165) is 0 Å². The summed E-state index contributed by atoms with van der Waals surface area (Å²) in [5, 5.41) is 0. The molecular formula is C24H37N3O7S. The molecule has 11 heteroatoms. The van der Waals surface area contributed by atoms with Gasteiger partial charge in [-0.2, -0.15) is 4.72 Å². The second-order valence-corrected chi connectivity index (χ2v) is 11.5. The maximum atomic E-state index is 13.0. The van der Waals surface area contributed by atoms with E-state index in [1.165, 1.54) is 24.3 Å². The first-order chi connectivity index (χ1) is 16.0. The Morgan fingerprint density at radius 2 is 1.63 bits per heavy atom. The molecule has 0 fully saturated rings. The molecule has 4 N–H and O–H groups in total. The van der Waals surface area contributed by atoms with Gasteiger partial charge in [0, 0.05) is 6.42 Å². The molecule has 1 rings (SSSR count). The third-order valence-electron chi connectivity index (χ3n) is 4.17. The van der Waals surface area contributed by atoms with E-state index in [2.05, 4.69) is 22.0 Å². The molecule has 1 aromatic rings. The Kier molecular flexibility index (Phi) is 10.7. The molecule has 0 aliphatic heterocycles. The van der Waals surface area contributed by atoms with Crippen molar-refractivity contribution in [1.82, 2.24) is 10.2 Å². The van der Waals surface area contributed by atoms with Crippen molar-refractivity contribution in [3.05, 3.63) is 24.3 Å².